The lowest BCUT2D eigenvalue weighted by Crippen LogP contribution is -2.60. The van der Waals surface area contributed by atoms with Crippen LogP contribution in [0.2, 0.25) is 0 Å². The van der Waals surface area contributed by atoms with Crippen molar-refractivity contribution in [1.82, 2.24) is 5.32 Å². The van der Waals surface area contributed by atoms with E-state index in [9.17, 15) is 35.4 Å². The normalized spacial score (nSPS) is 19.9. The molecule has 1 heterocycles. The van der Waals surface area contributed by atoms with Gasteiger partial charge in [0.1, 0.15) is 30.5 Å². The lowest BCUT2D eigenvalue weighted by atomic mass is 9.99. The van der Waals surface area contributed by atoms with Gasteiger partial charge < -0.3 is 45.4 Å². The Bertz CT molecular complexity index is 1780. The summed E-state index contributed by atoms with van der Waals surface area (Å²) in [5, 5.41) is 63.3. The summed E-state index contributed by atoms with van der Waals surface area (Å²) >= 11 is 0. The predicted octanol–water partition coefficient (Wildman–Crippen LogP) is 2.95. The zero-order valence-corrected chi connectivity index (χ0v) is 26.5. The predicted molar refractivity (Wildman–Crippen MR) is 218 cm³/mol. The molecule has 10 nitrogen and oxygen atoms in total. The summed E-state index contributed by atoms with van der Waals surface area (Å²) in [6, 6.07) is -1.22. The molecular weight excluding hydrogens is 614 g/mol. The largest absolute Gasteiger partial charge is 0.394 e. The van der Waals surface area contributed by atoms with Crippen LogP contribution in [0.3, 0.4) is 0 Å². The van der Waals surface area contributed by atoms with Gasteiger partial charge in [-0.25, -0.2) is 0 Å². The van der Waals surface area contributed by atoms with E-state index in [1.807, 2.05) is 6.92 Å². The molecule has 1 aliphatic heterocycles. The molecule has 0 aromatic carbocycles. The van der Waals surface area contributed by atoms with Gasteiger partial charge in [-0.3, -0.25) is 4.79 Å². The number of rotatable bonds is 12. The highest BCUT2D eigenvalue weighted by Crippen LogP contribution is 2.22. The maximum atomic E-state index is 12.5. The van der Waals surface area contributed by atoms with Crippen molar-refractivity contribution in [3.05, 3.63) is 0 Å². The van der Waals surface area contributed by atoms with E-state index in [0.29, 0.717) is 6.42 Å². The molecule has 0 aromatic rings. The van der Waals surface area contributed by atoms with E-state index in [1.165, 1.54) is 0 Å². The molecule has 1 amide bonds. The molecule has 0 bridgehead atoms. The number of unbranched alkanes of at least 4 members (excludes halogenated alkanes) is 3. The Morgan fingerprint density at radius 2 is 1.25 bits per heavy atom. The third-order valence-electron chi connectivity index (χ3n) is 6.13. The molecule has 0 spiro atoms. The van der Waals surface area contributed by atoms with Gasteiger partial charge in [0, 0.05) is 46.3 Å². The molecule has 1 rings (SSSR count). The third-order valence-corrected chi connectivity index (χ3v) is 6.13. The summed E-state index contributed by atoms with van der Waals surface area (Å²) in [5.74, 6) is 48.1. The minimum Gasteiger partial charge on any atom is -0.394 e. The number of amides is 1. The second-order valence-corrected chi connectivity index (χ2v) is 9.64. The Morgan fingerprint density at radius 3 is 1.73 bits per heavy atom. The van der Waals surface area contributed by atoms with E-state index < -0.39 is 68.1 Å². The Morgan fingerprint density at radius 1 is 0.750 bits per heavy atom. The highest BCUT2D eigenvalue weighted by molar-refractivity contribution is 5.94. The lowest BCUT2D eigenvalue weighted by molar-refractivity contribution is -0.303. The summed E-state index contributed by atoms with van der Waals surface area (Å²) in [6.07, 6.45) is -6.73. The highest BCUT2D eigenvalue weighted by Gasteiger charge is 2.44. The van der Waals surface area contributed by atoms with E-state index in [2.05, 4.69) is 124 Å². The summed E-state index contributed by atoms with van der Waals surface area (Å²) in [4.78, 5) is 12.5. The van der Waals surface area contributed by atoms with Crippen LogP contribution in [0, 0.1) is 118 Å². The molecule has 0 saturated carbocycles. The SMILES string of the molecule is CC#CC#CC#CC#CC#CC#CC#CC#CC#CC#CC(=O)N[C@@H](COC1OC(CO)C(O)C(O)C1O)[C@H](O)[C@H](O)CCCCCC.[HH].[HH].[HH].[HH].[HH].[HH].[HH].[HH].[HH].[HH].[HH].[HH].[HH].[HH].[HH].[HH].[HH].[HH].[HH].[HH]. The Hall–Kier alpha value is -5.25. The standard InChI is InChI=1S/C38H35NO9.20H2/c1-3-5-7-9-10-11-12-13-14-15-16-17-18-19-20-21-22-23-25-27-33(42)39-30(34(43)31(41)26-24-8-6-4-2)29-47-38-37(46)36(45)35(44)32(28-40)48-38;;;;;;;;;;;;;;;;;;;;/h30-32,34-38,40-41,43-46H,4,6,8,24,26,28-29H2,1-2H3,(H,39,42);20*1H/t30-,31+,32?,34-,35?,36?,37?,38?;;;;;;;;;;;;;;;;;;;;/m0..................../s1. The van der Waals surface area contributed by atoms with Crippen molar-refractivity contribution >= 4 is 5.91 Å². The molecule has 286 valence electrons. The van der Waals surface area contributed by atoms with Crippen molar-refractivity contribution in [3.63, 3.8) is 0 Å². The molecule has 10 heteroatoms. The molecule has 0 radical (unpaired) electrons. The fourth-order valence-corrected chi connectivity index (χ4v) is 3.70. The molecule has 48 heavy (non-hydrogen) atoms. The minimum atomic E-state index is -1.69. The number of ether oxygens (including phenoxy) is 2. The number of nitrogens with one attached hydrogen (secondary N) is 1. The third kappa shape index (κ3) is 17.4. The fourth-order valence-electron chi connectivity index (χ4n) is 3.70. The number of aliphatic hydroxyl groups is 6. The van der Waals surface area contributed by atoms with Crippen LogP contribution in [0.4, 0.5) is 0 Å². The number of hydrogen-bond acceptors (Lipinski definition) is 9. The second-order valence-electron chi connectivity index (χ2n) is 9.64. The van der Waals surface area contributed by atoms with Gasteiger partial charge in [-0.2, -0.15) is 0 Å². The number of carbonyl (C=O) groups excluding carboxylic acids is 1. The van der Waals surface area contributed by atoms with Gasteiger partial charge >= 0.3 is 0 Å². The van der Waals surface area contributed by atoms with E-state index >= 15 is 0 Å². The second kappa shape index (κ2) is 25.9. The van der Waals surface area contributed by atoms with E-state index in [1.54, 1.807) is 6.92 Å². The van der Waals surface area contributed by atoms with Gasteiger partial charge in [0.15, 0.2) is 6.29 Å². The maximum Gasteiger partial charge on any atom is 0.297 e. The molecule has 1 saturated heterocycles. The quantitative estimate of drug-likeness (QED) is 0.120. The molecule has 7 N–H and O–H groups in total. The summed E-state index contributed by atoms with van der Waals surface area (Å²) in [7, 11) is 0. The van der Waals surface area contributed by atoms with Crippen LogP contribution in [0.15, 0.2) is 0 Å². The first-order valence-electron chi connectivity index (χ1n) is 14.8. The Balaban J connectivity index is -0.0000000640. The van der Waals surface area contributed by atoms with Gasteiger partial charge in [-0.1, -0.05) is 38.5 Å². The van der Waals surface area contributed by atoms with Crippen molar-refractivity contribution in [2.45, 2.75) is 94.9 Å². The molecule has 1 fully saturated rings. The Kier molecular flexibility index (Phi) is 22.0. The zero-order chi connectivity index (χ0) is 35.4. The average Bonchev–Trinajstić information content (AvgIpc) is 3.08. The van der Waals surface area contributed by atoms with Crippen LogP contribution in [0.5, 0.6) is 0 Å². The van der Waals surface area contributed by atoms with Crippen LogP contribution in [0.1, 0.15) is 74.5 Å². The first kappa shape index (κ1) is 40.8. The maximum absolute atomic E-state index is 12.5. The smallest absolute Gasteiger partial charge is 0.297 e. The topological polar surface area (TPSA) is 169 Å². The van der Waals surface area contributed by atoms with Crippen LogP contribution in [0.25, 0.3) is 0 Å². The number of hydrogen-bond donors (Lipinski definition) is 7. The van der Waals surface area contributed by atoms with Crippen molar-refractivity contribution in [2.75, 3.05) is 13.2 Å². The summed E-state index contributed by atoms with van der Waals surface area (Å²) in [6.45, 7) is 2.56. The average molecular weight is 690 g/mol. The van der Waals surface area contributed by atoms with Crippen molar-refractivity contribution in [2.24, 2.45) is 0 Å². The molecule has 0 aromatic heterocycles. The van der Waals surface area contributed by atoms with E-state index in [-0.39, 0.29) is 35.0 Å². The van der Waals surface area contributed by atoms with Gasteiger partial charge in [0.05, 0.1) is 25.4 Å². The van der Waals surface area contributed by atoms with Crippen molar-refractivity contribution < 1.29 is 73.4 Å². The summed E-state index contributed by atoms with van der Waals surface area (Å²) in [5.41, 5.74) is 0. The van der Waals surface area contributed by atoms with Gasteiger partial charge in [-0.05, 0) is 108 Å². The lowest BCUT2D eigenvalue weighted by Gasteiger charge is -2.40. The molecule has 5 unspecified atom stereocenters. The summed E-state index contributed by atoms with van der Waals surface area (Å²) < 4.78 is 10.8. The van der Waals surface area contributed by atoms with E-state index in [0.717, 1.165) is 19.3 Å². The molecular formula is C38H75NO9. The van der Waals surface area contributed by atoms with Crippen LogP contribution in [-0.2, 0) is 14.3 Å². The first-order valence-corrected chi connectivity index (χ1v) is 14.8. The Labute approximate surface area is 312 Å². The van der Waals surface area contributed by atoms with Crippen LogP contribution >= 0.6 is 0 Å². The number of carbonyl (C=O) groups is 1. The molecule has 1 aliphatic rings. The first-order chi connectivity index (χ1) is 23.3. The van der Waals surface area contributed by atoms with Gasteiger partial charge in [-0.15, -0.1) is 0 Å². The number of aliphatic hydroxyl groups excluding tert-OH is 6. The van der Waals surface area contributed by atoms with Gasteiger partial charge in [0.25, 0.3) is 5.91 Å². The van der Waals surface area contributed by atoms with Crippen LogP contribution in [-0.4, -0.2) is 98.7 Å². The monoisotopic (exact) mass is 690 g/mol. The van der Waals surface area contributed by atoms with Crippen LogP contribution < -0.4 is 5.32 Å². The fraction of sp³-hybridized carbons (Fsp3) is 0.447. The molecule has 8 atom stereocenters. The van der Waals surface area contributed by atoms with Crippen molar-refractivity contribution in [1.29, 1.82) is 0 Å². The van der Waals surface area contributed by atoms with Gasteiger partial charge in [0.2, 0.25) is 0 Å². The zero-order valence-electron chi connectivity index (χ0n) is 26.5. The highest BCUT2D eigenvalue weighted by atomic mass is 16.7. The minimum absolute atomic E-state index is 0. The van der Waals surface area contributed by atoms with Crippen molar-refractivity contribution in [3.8, 4) is 118 Å². The van der Waals surface area contributed by atoms with E-state index in [4.69, 9.17) is 9.47 Å². The molecule has 0 aliphatic carbocycles.